The molecule has 3 aromatic rings. The Morgan fingerprint density at radius 1 is 1.00 bits per heavy atom. The van der Waals surface area contributed by atoms with E-state index < -0.39 is 0 Å². The van der Waals surface area contributed by atoms with E-state index in [1.807, 2.05) is 54.4 Å². The Labute approximate surface area is 155 Å². The van der Waals surface area contributed by atoms with Gasteiger partial charge in [-0.15, -0.1) is 0 Å². The number of hydrogen-bond acceptors (Lipinski definition) is 2. The molecule has 0 aromatic heterocycles. The lowest BCUT2D eigenvalue weighted by Gasteiger charge is -2.23. The lowest BCUT2D eigenvalue weighted by molar-refractivity contribution is -0.132. The molecule has 0 bridgehead atoms. The van der Waals surface area contributed by atoms with Crippen LogP contribution in [0.25, 0.3) is 10.8 Å². The van der Waals surface area contributed by atoms with Crippen molar-refractivity contribution in [3.05, 3.63) is 77.9 Å². The van der Waals surface area contributed by atoms with E-state index in [0.717, 1.165) is 34.1 Å². The summed E-state index contributed by atoms with van der Waals surface area (Å²) in [5, 5.41) is 2.29. The van der Waals surface area contributed by atoms with Gasteiger partial charge in [-0.1, -0.05) is 55.5 Å². The van der Waals surface area contributed by atoms with Crippen molar-refractivity contribution in [3.63, 3.8) is 0 Å². The van der Waals surface area contributed by atoms with E-state index >= 15 is 0 Å². The first-order chi connectivity index (χ1) is 12.6. The maximum absolute atomic E-state index is 12.9. The predicted octanol–water partition coefficient (Wildman–Crippen LogP) is 5.00. The first-order valence-electron chi connectivity index (χ1n) is 8.99. The highest BCUT2D eigenvalue weighted by atomic mass is 16.5. The van der Waals surface area contributed by atoms with Crippen molar-refractivity contribution >= 4 is 16.7 Å². The standard InChI is InChI=1S/C23H25NO2/c1-4-22(18-8-6-5-7-9-18)23(25)24(2)16-17-10-11-20-15-21(26-3)13-12-19(20)14-17/h5-15,22H,4,16H2,1-3H3. The van der Waals surface area contributed by atoms with Crippen LogP contribution in [0.15, 0.2) is 66.7 Å². The Morgan fingerprint density at radius 3 is 2.38 bits per heavy atom. The fourth-order valence-corrected chi connectivity index (χ4v) is 3.35. The van der Waals surface area contributed by atoms with E-state index in [1.54, 1.807) is 7.11 Å². The minimum Gasteiger partial charge on any atom is -0.497 e. The Hall–Kier alpha value is -2.81. The van der Waals surface area contributed by atoms with Crippen LogP contribution in [0, 0.1) is 0 Å². The Balaban J connectivity index is 1.77. The Kier molecular flexibility index (Phi) is 5.57. The van der Waals surface area contributed by atoms with Crippen LogP contribution in [0.4, 0.5) is 0 Å². The summed E-state index contributed by atoms with van der Waals surface area (Å²) in [4.78, 5) is 14.8. The first-order valence-corrected chi connectivity index (χ1v) is 8.99. The van der Waals surface area contributed by atoms with Gasteiger partial charge in [0.2, 0.25) is 5.91 Å². The average molecular weight is 347 g/mol. The largest absolute Gasteiger partial charge is 0.497 e. The minimum absolute atomic E-state index is 0.0917. The van der Waals surface area contributed by atoms with Gasteiger partial charge in [0, 0.05) is 13.6 Å². The molecule has 1 amide bonds. The molecular weight excluding hydrogens is 322 g/mol. The Morgan fingerprint density at radius 2 is 1.69 bits per heavy atom. The van der Waals surface area contributed by atoms with Crippen LogP contribution in [0.5, 0.6) is 5.75 Å². The van der Waals surface area contributed by atoms with Gasteiger partial charge in [0.05, 0.1) is 13.0 Å². The van der Waals surface area contributed by atoms with Crippen LogP contribution in [0.1, 0.15) is 30.4 Å². The van der Waals surface area contributed by atoms with Crippen LogP contribution in [-0.2, 0) is 11.3 Å². The monoisotopic (exact) mass is 347 g/mol. The molecule has 0 heterocycles. The van der Waals surface area contributed by atoms with E-state index in [9.17, 15) is 4.79 Å². The van der Waals surface area contributed by atoms with Crippen molar-refractivity contribution < 1.29 is 9.53 Å². The van der Waals surface area contributed by atoms with Crippen molar-refractivity contribution in [2.45, 2.75) is 25.8 Å². The molecule has 0 N–H and O–H groups in total. The van der Waals surface area contributed by atoms with Crippen LogP contribution < -0.4 is 4.74 Å². The molecule has 0 aliphatic rings. The number of fused-ring (bicyclic) bond motifs is 1. The summed E-state index contributed by atoms with van der Waals surface area (Å²) in [5.41, 5.74) is 2.21. The number of nitrogens with zero attached hydrogens (tertiary/aromatic N) is 1. The number of benzene rings is 3. The van der Waals surface area contributed by atoms with Gasteiger partial charge in [-0.3, -0.25) is 4.79 Å². The van der Waals surface area contributed by atoms with E-state index in [0.29, 0.717) is 6.54 Å². The average Bonchev–Trinajstić information content (AvgIpc) is 2.68. The van der Waals surface area contributed by atoms with Gasteiger partial charge in [0.25, 0.3) is 0 Å². The molecule has 0 fully saturated rings. The number of ether oxygens (including phenoxy) is 1. The van der Waals surface area contributed by atoms with E-state index in [-0.39, 0.29) is 11.8 Å². The van der Waals surface area contributed by atoms with Gasteiger partial charge in [-0.2, -0.15) is 0 Å². The van der Waals surface area contributed by atoms with Crippen molar-refractivity contribution in [1.82, 2.24) is 4.90 Å². The quantitative estimate of drug-likeness (QED) is 0.628. The van der Waals surface area contributed by atoms with Gasteiger partial charge < -0.3 is 9.64 Å². The number of carbonyl (C=O) groups excluding carboxylic acids is 1. The van der Waals surface area contributed by atoms with Crippen molar-refractivity contribution in [2.24, 2.45) is 0 Å². The summed E-state index contributed by atoms with van der Waals surface area (Å²) >= 11 is 0. The van der Waals surface area contributed by atoms with Crippen LogP contribution in [-0.4, -0.2) is 25.0 Å². The molecule has 0 saturated carbocycles. The van der Waals surface area contributed by atoms with E-state index in [1.165, 1.54) is 0 Å². The van der Waals surface area contributed by atoms with Crippen molar-refractivity contribution in [3.8, 4) is 5.75 Å². The lowest BCUT2D eigenvalue weighted by atomic mass is 9.95. The third-order valence-corrected chi connectivity index (χ3v) is 4.82. The summed E-state index contributed by atoms with van der Waals surface area (Å²) < 4.78 is 5.28. The number of methoxy groups -OCH3 is 1. The molecule has 0 aliphatic heterocycles. The maximum Gasteiger partial charge on any atom is 0.230 e. The summed E-state index contributed by atoms with van der Waals surface area (Å²) in [6.07, 6.45) is 0.796. The van der Waals surface area contributed by atoms with E-state index in [4.69, 9.17) is 4.74 Å². The number of rotatable bonds is 6. The highest BCUT2D eigenvalue weighted by Crippen LogP contribution is 2.24. The van der Waals surface area contributed by atoms with Crippen LogP contribution in [0.2, 0.25) is 0 Å². The molecule has 0 spiro atoms. The normalized spacial score (nSPS) is 12.0. The minimum atomic E-state index is -0.0917. The molecular formula is C23H25NO2. The summed E-state index contributed by atoms with van der Waals surface area (Å²) in [6.45, 7) is 2.66. The highest BCUT2D eigenvalue weighted by Gasteiger charge is 2.22. The fraction of sp³-hybridized carbons (Fsp3) is 0.261. The predicted molar refractivity (Wildman–Crippen MR) is 106 cm³/mol. The molecule has 3 aromatic carbocycles. The lowest BCUT2D eigenvalue weighted by Crippen LogP contribution is -2.31. The highest BCUT2D eigenvalue weighted by molar-refractivity contribution is 5.85. The van der Waals surface area contributed by atoms with Gasteiger partial charge in [0.1, 0.15) is 5.75 Å². The molecule has 26 heavy (non-hydrogen) atoms. The SMILES string of the molecule is CCC(C(=O)N(C)Cc1ccc2cc(OC)ccc2c1)c1ccccc1. The zero-order chi connectivity index (χ0) is 18.5. The maximum atomic E-state index is 12.9. The number of amides is 1. The molecule has 0 aliphatic carbocycles. The van der Waals surface area contributed by atoms with Gasteiger partial charge in [-0.25, -0.2) is 0 Å². The summed E-state index contributed by atoms with van der Waals surface area (Å²) in [5.74, 6) is 0.922. The third-order valence-electron chi connectivity index (χ3n) is 4.82. The second-order valence-corrected chi connectivity index (χ2v) is 6.61. The van der Waals surface area contributed by atoms with Gasteiger partial charge in [-0.05, 0) is 46.5 Å². The van der Waals surface area contributed by atoms with Gasteiger partial charge in [0.15, 0.2) is 0 Å². The molecule has 3 rings (SSSR count). The van der Waals surface area contributed by atoms with Crippen LogP contribution >= 0.6 is 0 Å². The molecule has 3 heteroatoms. The van der Waals surface area contributed by atoms with Gasteiger partial charge >= 0.3 is 0 Å². The molecule has 1 unspecified atom stereocenters. The first kappa shape index (κ1) is 18.0. The third kappa shape index (κ3) is 3.88. The molecule has 3 nitrogen and oxygen atoms in total. The summed E-state index contributed by atoms with van der Waals surface area (Å²) in [6, 6.07) is 22.4. The number of hydrogen-bond donors (Lipinski definition) is 0. The number of carbonyl (C=O) groups is 1. The summed E-state index contributed by atoms with van der Waals surface area (Å²) in [7, 11) is 3.55. The van der Waals surface area contributed by atoms with E-state index in [2.05, 4.69) is 31.2 Å². The van der Waals surface area contributed by atoms with Crippen molar-refractivity contribution in [1.29, 1.82) is 0 Å². The second kappa shape index (κ2) is 8.05. The zero-order valence-electron chi connectivity index (χ0n) is 15.6. The molecule has 1 atom stereocenters. The second-order valence-electron chi connectivity index (χ2n) is 6.61. The zero-order valence-corrected chi connectivity index (χ0v) is 15.6. The van der Waals surface area contributed by atoms with Crippen LogP contribution in [0.3, 0.4) is 0 Å². The molecule has 134 valence electrons. The topological polar surface area (TPSA) is 29.5 Å². The molecule has 0 radical (unpaired) electrons. The fourth-order valence-electron chi connectivity index (χ4n) is 3.35. The Bertz CT molecular complexity index is 889. The smallest absolute Gasteiger partial charge is 0.230 e. The number of likely N-dealkylation sites (N-methyl/N-ethyl adjacent to an activating group) is 1. The molecule has 0 saturated heterocycles. The van der Waals surface area contributed by atoms with Crippen molar-refractivity contribution in [2.75, 3.05) is 14.2 Å².